The van der Waals surface area contributed by atoms with Gasteiger partial charge in [0.2, 0.25) is 21.7 Å². The molecule has 0 aromatic heterocycles. The second kappa shape index (κ2) is 15.5. The molecule has 13 nitrogen and oxygen atoms in total. The zero-order valence-electron chi connectivity index (χ0n) is 25.7. The summed E-state index contributed by atoms with van der Waals surface area (Å²) in [4.78, 5) is 40.2. The number of hydrogen-bond donors (Lipinski definition) is 3. The van der Waals surface area contributed by atoms with E-state index in [1.807, 2.05) is 0 Å². The number of Topliss-reactive ketones (excluding diaryl/α,β-unsaturated/α-hetero) is 1. The van der Waals surface area contributed by atoms with Gasteiger partial charge >= 0.3 is 0 Å². The van der Waals surface area contributed by atoms with Gasteiger partial charge in [-0.3, -0.25) is 14.4 Å². The molecular formula is C32H36N4O9S2. The van der Waals surface area contributed by atoms with E-state index in [9.17, 15) is 27.0 Å². The molecule has 3 aromatic carbocycles. The second-order valence-corrected chi connectivity index (χ2v) is 13.6. The van der Waals surface area contributed by atoms with Crippen molar-refractivity contribution < 1.29 is 40.7 Å². The van der Waals surface area contributed by atoms with Crippen LogP contribution in [0.25, 0.3) is 0 Å². The fourth-order valence-corrected chi connectivity index (χ4v) is 7.82. The van der Waals surface area contributed by atoms with Gasteiger partial charge in [0.25, 0.3) is 17.2 Å². The van der Waals surface area contributed by atoms with Crippen LogP contribution in [-0.4, -0.2) is 79.5 Å². The third kappa shape index (κ3) is 8.35. The molecule has 0 aliphatic carbocycles. The minimum atomic E-state index is -4.10. The van der Waals surface area contributed by atoms with Crippen molar-refractivity contribution in [1.29, 1.82) is 0 Å². The lowest BCUT2D eigenvalue weighted by molar-refractivity contribution is -0.140. The summed E-state index contributed by atoms with van der Waals surface area (Å²) in [7, 11) is -4.10. The molecule has 3 unspecified atom stereocenters. The van der Waals surface area contributed by atoms with Crippen LogP contribution in [0.1, 0.15) is 24.5 Å². The number of ketones is 1. The average Bonchev–Trinajstić information content (AvgIpc) is 3.07. The Balaban J connectivity index is 1.24. The Morgan fingerprint density at radius 3 is 2.32 bits per heavy atom. The van der Waals surface area contributed by atoms with E-state index in [0.29, 0.717) is 48.0 Å². The number of amides is 2. The number of carbonyl (C=O) groups is 3. The van der Waals surface area contributed by atoms with E-state index in [-0.39, 0.29) is 37.4 Å². The summed E-state index contributed by atoms with van der Waals surface area (Å²) >= 11 is -1.79. The van der Waals surface area contributed by atoms with Crippen LogP contribution in [0.5, 0.6) is 17.2 Å². The number of para-hydroxylation sites is 1. The van der Waals surface area contributed by atoms with Gasteiger partial charge in [-0.15, -0.1) is 0 Å². The molecule has 0 radical (unpaired) electrons. The van der Waals surface area contributed by atoms with Crippen LogP contribution < -0.4 is 29.0 Å². The number of nitrogens with zero attached hydrogens (tertiary/aromatic N) is 1. The van der Waals surface area contributed by atoms with E-state index in [2.05, 4.69) is 15.4 Å². The maximum absolute atomic E-state index is 13.8. The Morgan fingerprint density at radius 1 is 0.979 bits per heavy atom. The van der Waals surface area contributed by atoms with Crippen molar-refractivity contribution in [2.24, 2.45) is 0 Å². The first-order valence-corrected chi connectivity index (χ1v) is 17.7. The van der Waals surface area contributed by atoms with Crippen molar-refractivity contribution in [2.75, 3.05) is 32.8 Å². The highest BCUT2D eigenvalue weighted by molar-refractivity contribution is 7.89. The van der Waals surface area contributed by atoms with Gasteiger partial charge in [-0.25, -0.2) is 13.1 Å². The van der Waals surface area contributed by atoms with Gasteiger partial charge in [0.1, 0.15) is 31.0 Å². The number of nitrogens with one attached hydrogen (secondary N) is 3. The Kier molecular flexibility index (Phi) is 11.2. The topological polar surface area (TPSA) is 169 Å². The zero-order valence-corrected chi connectivity index (χ0v) is 27.3. The van der Waals surface area contributed by atoms with E-state index in [1.54, 1.807) is 73.7 Å². The summed E-state index contributed by atoms with van der Waals surface area (Å²) in [6.07, 6.45) is 0.380. The predicted octanol–water partition coefficient (Wildman–Crippen LogP) is 1.44. The predicted molar refractivity (Wildman–Crippen MR) is 172 cm³/mol. The van der Waals surface area contributed by atoms with Gasteiger partial charge < -0.3 is 24.3 Å². The Morgan fingerprint density at radius 2 is 1.64 bits per heavy atom. The van der Waals surface area contributed by atoms with E-state index in [4.69, 9.17) is 13.7 Å². The van der Waals surface area contributed by atoms with Crippen molar-refractivity contribution in [2.45, 2.75) is 43.2 Å². The fourth-order valence-electron chi connectivity index (χ4n) is 5.34. The lowest BCUT2D eigenvalue weighted by Gasteiger charge is -2.35. The van der Waals surface area contributed by atoms with Crippen molar-refractivity contribution in [3.05, 3.63) is 83.9 Å². The molecule has 0 bridgehead atoms. The number of likely N-dealkylation sites (N-methyl/N-ethyl adjacent to an activating group) is 1. The quantitative estimate of drug-likeness (QED) is 0.168. The van der Waals surface area contributed by atoms with E-state index < -0.39 is 51.0 Å². The molecule has 0 saturated carbocycles. The smallest absolute Gasteiger partial charge is 0.289 e. The number of benzene rings is 3. The van der Waals surface area contributed by atoms with Gasteiger partial charge in [-0.1, -0.05) is 55.5 Å². The van der Waals surface area contributed by atoms with Crippen molar-refractivity contribution in [1.82, 2.24) is 19.7 Å². The summed E-state index contributed by atoms with van der Waals surface area (Å²) in [6.45, 7) is 2.54. The molecule has 47 heavy (non-hydrogen) atoms. The minimum absolute atomic E-state index is 0.00129. The molecule has 15 heteroatoms. The van der Waals surface area contributed by atoms with Gasteiger partial charge in [0.15, 0.2) is 11.5 Å². The monoisotopic (exact) mass is 684 g/mol. The summed E-state index contributed by atoms with van der Waals surface area (Å²) in [5, 5.41) is 5.22. The number of sulfonamides is 1. The van der Waals surface area contributed by atoms with Gasteiger partial charge in [-0.2, -0.15) is 8.51 Å². The molecule has 2 heterocycles. The fraction of sp³-hybridized carbons (Fsp3) is 0.344. The molecule has 5 rings (SSSR count). The first-order chi connectivity index (χ1) is 22.7. The number of fused-ring (bicyclic) bond motifs is 2. The van der Waals surface area contributed by atoms with Gasteiger partial charge in [0.05, 0.1) is 4.90 Å². The van der Waals surface area contributed by atoms with Crippen molar-refractivity contribution in [3.8, 4) is 17.2 Å². The normalized spacial score (nSPS) is 17.9. The largest absolute Gasteiger partial charge is 0.486 e. The molecule has 0 fully saturated rings. The molecule has 3 N–H and O–H groups in total. The molecule has 2 aliphatic heterocycles. The summed E-state index contributed by atoms with van der Waals surface area (Å²) in [5.41, 5.74) is 1.09. The van der Waals surface area contributed by atoms with Gasteiger partial charge in [-0.05, 0) is 42.2 Å². The first kappa shape index (κ1) is 34.0. The van der Waals surface area contributed by atoms with Crippen LogP contribution in [-0.2, 0) is 48.5 Å². The van der Waals surface area contributed by atoms with Crippen LogP contribution in [0, 0.1) is 0 Å². The Hall–Kier alpha value is -4.31. The van der Waals surface area contributed by atoms with Crippen molar-refractivity contribution >= 4 is 38.9 Å². The third-order valence-electron chi connectivity index (χ3n) is 7.60. The lowest BCUT2D eigenvalue weighted by Crippen LogP contribution is -2.57. The lowest BCUT2D eigenvalue weighted by atomic mass is 9.99. The number of hydrogen-bond acceptors (Lipinski definition) is 9. The number of rotatable bonds is 14. The Labute approximate surface area is 275 Å². The van der Waals surface area contributed by atoms with Crippen LogP contribution in [0.15, 0.2) is 77.7 Å². The third-order valence-corrected chi connectivity index (χ3v) is 10.5. The molecule has 250 valence electrons. The number of carbonyl (C=O) groups excluding carboxylic acids is 3. The maximum Gasteiger partial charge on any atom is 0.289 e. The van der Waals surface area contributed by atoms with Crippen LogP contribution >= 0.6 is 0 Å². The van der Waals surface area contributed by atoms with Crippen LogP contribution in [0.3, 0.4) is 0 Å². The standard InChI is InChI=1S/C32H36N4O9S2/c1-2-36-26(19-23-20-27-28(44-17-16-43-27)21-29(23)47(36,41)42)31(38)35-25(18-22-10-5-3-6-11-22)30(37)32(39)33-14-9-15-34-46(40)45-24-12-7-4-8-13-24/h3-8,10-13,20-21,25-26,34H,2,9,14-19H2,1H3,(H,33,39)(H,35,38). The van der Waals surface area contributed by atoms with E-state index in [1.165, 1.54) is 6.07 Å². The molecule has 0 spiro atoms. The highest BCUT2D eigenvalue weighted by Crippen LogP contribution is 2.39. The highest BCUT2D eigenvalue weighted by Gasteiger charge is 2.43. The molecular weight excluding hydrogens is 649 g/mol. The SMILES string of the molecule is CCN1C(C(=O)NC(Cc2ccccc2)C(=O)C(=O)NCCCNS(=O)Oc2ccccc2)Cc2cc3c(cc2S1(=O)=O)OCCO3. The van der Waals surface area contributed by atoms with Crippen molar-refractivity contribution in [3.63, 3.8) is 0 Å². The van der Waals surface area contributed by atoms with Gasteiger partial charge in [0, 0.05) is 32.1 Å². The zero-order chi connectivity index (χ0) is 33.4. The molecule has 3 aromatic rings. The molecule has 2 aliphatic rings. The minimum Gasteiger partial charge on any atom is -0.486 e. The maximum atomic E-state index is 13.8. The molecule has 2 amide bonds. The summed E-state index contributed by atoms with van der Waals surface area (Å²) in [6, 6.07) is 18.1. The Bertz CT molecular complexity index is 1720. The van der Waals surface area contributed by atoms with E-state index >= 15 is 0 Å². The summed E-state index contributed by atoms with van der Waals surface area (Å²) < 4.78 is 59.6. The first-order valence-electron chi connectivity index (χ1n) is 15.2. The molecule has 3 atom stereocenters. The molecule has 0 saturated heterocycles. The van der Waals surface area contributed by atoms with Crippen LogP contribution in [0.2, 0.25) is 0 Å². The second-order valence-electron chi connectivity index (χ2n) is 10.8. The average molecular weight is 685 g/mol. The number of ether oxygens (including phenoxy) is 2. The highest BCUT2D eigenvalue weighted by atomic mass is 32.2. The summed E-state index contributed by atoms with van der Waals surface area (Å²) in [5.74, 6) is -1.35. The van der Waals surface area contributed by atoms with Crippen LogP contribution in [0.4, 0.5) is 0 Å². The van der Waals surface area contributed by atoms with E-state index in [0.717, 1.165) is 4.31 Å².